The second kappa shape index (κ2) is 8.64. The van der Waals surface area contributed by atoms with E-state index in [1.165, 1.54) is 30.5 Å². The van der Waals surface area contributed by atoms with Gasteiger partial charge in [-0.15, -0.1) is 8.78 Å². The summed E-state index contributed by atoms with van der Waals surface area (Å²) in [6.07, 6.45) is 1.69. The van der Waals surface area contributed by atoms with Crippen LogP contribution < -0.4 is 20.3 Å². The van der Waals surface area contributed by atoms with Crippen LogP contribution in [0.5, 0.6) is 5.75 Å². The second-order valence-electron chi connectivity index (χ2n) is 7.17. The van der Waals surface area contributed by atoms with Crippen molar-refractivity contribution in [1.29, 1.82) is 0 Å². The molecule has 0 spiro atoms. The number of benzene rings is 1. The van der Waals surface area contributed by atoms with Gasteiger partial charge in [-0.3, -0.25) is 9.79 Å². The van der Waals surface area contributed by atoms with Crippen LogP contribution in [0.4, 0.5) is 20.3 Å². The number of pyridine rings is 1. The first kappa shape index (κ1) is 21.3. The molecule has 8 nitrogen and oxygen atoms in total. The van der Waals surface area contributed by atoms with Crippen LogP contribution in [-0.4, -0.2) is 59.7 Å². The quantitative estimate of drug-likeness (QED) is 0.583. The zero-order valence-corrected chi connectivity index (χ0v) is 17.1. The molecule has 1 aromatic heterocycles. The number of rotatable bonds is 6. The number of hydrogen-bond acceptors (Lipinski definition) is 7. The number of alkyl halides is 3. The van der Waals surface area contributed by atoms with Gasteiger partial charge in [0.05, 0.1) is 23.8 Å². The van der Waals surface area contributed by atoms with E-state index in [0.717, 1.165) is 0 Å². The van der Waals surface area contributed by atoms with E-state index in [9.17, 15) is 18.7 Å². The van der Waals surface area contributed by atoms with E-state index in [1.807, 2.05) is 4.90 Å². The molecule has 0 saturated carbocycles. The van der Waals surface area contributed by atoms with Gasteiger partial charge in [0.1, 0.15) is 17.4 Å². The van der Waals surface area contributed by atoms with Gasteiger partial charge in [0.25, 0.3) is 5.91 Å². The summed E-state index contributed by atoms with van der Waals surface area (Å²) in [5, 5.41) is 15.8. The number of ether oxygens (including phenoxy) is 1. The van der Waals surface area contributed by atoms with Crippen molar-refractivity contribution in [3.63, 3.8) is 0 Å². The van der Waals surface area contributed by atoms with Crippen molar-refractivity contribution in [2.24, 2.45) is 4.99 Å². The number of hydrogen-bond donors (Lipinski definition) is 3. The molecule has 1 amide bonds. The first-order valence-electron chi connectivity index (χ1n) is 9.67. The number of amides is 1. The minimum absolute atomic E-state index is 0.135. The van der Waals surface area contributed by atoms with E-state index in [-0.39, 0.29) is 5.75 Å². The Kier molecular flexibility index (Phi) is 5.92. The molecule has 164 valence electrons. The lowest BCUT2D eigenvalue weighted by molar-refractivity contribution is -0.0964. The highest BCUT2D eigenvalue weighted by Gasteiger charge is 2.28. The molecule has 0 radical (unpaired) electrons. The average molecular weight is 452 g/mol. The summed E-state index contributed by atoms with van der Waals surface area (Å²) in [7, 11) is 0. The summed E-state index contributed by atoms with van der Waals surface area (Å²) in [4.78, 5) is 23.6. The van der Waals surface area contributed by atoms with Gasteiger partial charge in [0, 0.05) is 43.1 Å². The highest BCUT2D eigenvalue weighted by Crippen LogP contribution is 2.27. The van der Waals surface area contributed by atoms with Crippen molar-refractivity contribution in [2.45, 2.75) is 18.1 Å². The standard InChI is InChI=1S/C20H20ClF2N5O3/c21-20(22,23)31-15-3-1-13(2-4-15)27-19(30)12-9-16(17-24-6-7-25-17)18(26-10-12)28-8-5-14(29)11-28/h1-4,9-10,14,29H,5-8,11H2,(H,24,25)(H,27,30)/t14-/m1/s1. The number of halogens is 3. The maximum absolute atomic E-state index is 12.7. The van der Waals surface area contributed by atoms with Crippen LogP contribution in [0, 0.1) is 0 Å². The molecule has 1 aromatic carbocycles. The summed E-state index contributed by atoms with van der Waals surface area (Å²) < 4.78 is 29.7. The van der Waals surface area contributed by atoms with Crippen molar-refractivity contribution >= 4 is 34.8 Å². The van der Waals surface area contributed by atoms with Crippen LogP contribution in [0.1, 0.15) is 22.3 Å². The summed E-state index contributed by atoms with van der Waals surface area (Å²) in [6.45, 7) is 2.46. The molecule has 3 N–H and O–H groups in total. The smallest absolute Gasteiger partial charge is 0.420 e. The summed E-state index contributed by atoms with van der Waals surface area (Å²) >= 11 is 4.74. The number of aliphatic imine (C=N–C) groups is 1. The van der Waals surface area contributed by atoms with Crippen molar-refractivity contribution < 1.29 is 23.4 Å². The van der Waals surface area contributed by atoms with Crippen molar-refractivity contribution in [3.05, 3.63) is 47.7 Å². The van der Waals surface area contributed by atoms with Crippen LogP contribution in [0.15, 0.2) is 41.5 Å². The molecule has 0 bridgehead atoms. The largest absolute Gasteiger partial charge is 0.487 e. The summed E-state index contributed by atoms with van der Waals surface area (Å²) in [6, 6.07) is 7.09. The van der Waals surface area contributed by atoms with Crippen LogP contribution in [0.3, 0.4) is 0 Å². The normalized spacial score (nSPS) is 18.5. The van der Waals surface area contributed by atoms with Crippen LogP contribution in [0.25, 0.3) is 0 Å². The van der Waals surface area contributed by atoms with Gasteiger partial charge in [-0.05, 0) is 36.8 Å². The maximum atomic E-state index is 12.7. The first-order valence-corrected chi connectivity index (χ1v) is 10.1. The van der Waals surface area contributed by atoms with E-state index < -0.39 is 17.6 Å². The molecule has 1 atom stereocenters. The Hall–Kier alpha value is -2.98. The number of aromatic nitrogens is 1. The van der Waals surface area contributed by atoms with Crippen LogP contribution in [0.2, 0.25) is 0 Å². The fraction of sp³-hybridized carbons (Fsp3) is 0.350. The van der Waals surface area contributed by atoms with Gasteiger partial charge in [-0.25, -0.2) is 4.98 Å². The van der Waals surface area contributed by atoms with Gasteiger partial charge in [0.2, 0.25) is 0 Å². The van der Waals surface area contributed by atoms with E-state index in [1.54, 1.807) is 6.07 Å². The lowest BCUT2D eigenvalue weighted by atomic mass is 10.1. The lowest BCUT2D eigenvalue weighted by Crippen LogP contribution is -2.28. The third-order valence-electron chi connectivity index (χ3n) is 4.87. The van der Waals surface area contributed by atoms with Gasteiger partial charge < -0.3 is 25.4 Å². The highest BCUT2D eigenvalue weighted by atomic mass is 35.5. The van der Waals surface area contributed by atoms with Gasteiger partial charge in [-0.1, -0.05) is 0 Å². The Labute approximate surface area is 181 Å². The second-order valence-corrected chi connectivity index (χ2v) is 7.61. The lowest BCUT2D eigenvalue weighted by Gasteiger charge is -2.21. The minimum Gasteiger partial charge on any atom is -0.420 e. The summed E-state index contributed by atoms with van der Waals surface area (Å²) in [5.41, 5.74) is -2.42. The molecule has 2 aliphatic heterocycles. The number of β-amino-alcohol motifs (C(OH)–C–C–N with tert-alkyl or cyclic N) is 1. The molecule has 11 heteroatoms. The van der Waals surface area contributed by atoms with Gasteiger partial charge in [0.15, 0.2) is 0 Å². The zero-order valence-electron chi connectivity index (χ0n) is 16.3. The van der Waals surface area contributed by atoms with Crippen LogP contribution >= 0.6 is 11.6 Å². The first-order chi connectivity index (χ1) is 14.8. The minimum atomic E-state index is -3.81. The predicted molar refractivity (Wildman–Crippen MR) is 112 cm³/mol. The molecule has 2 aliphatic rings. The molecular weight excluding hydrogens is 432 g/mol. The molecule has 2 aromatic rings. The number of carbonyl (C=O) groups is 1. The van der Waals surface area contributed by atoms with Crippen molar-refractivity contribution in [1.82, 2.24) is 10.3 Å². The summed E-state index contributed by atoms with van der Waals surface area (Å²) in [5.74, 6) is 0.757. The molecule has 3 heterocycles. The number of carbonyl (C=O) groups excluding carboxylic acids is 1. The fourth-order valence-corrected chi connectivity index (χ4v) is 3.55. The molecule has 1 saturated heterocycles. The number of anilines is 2. The molecule has 1 fully saturated rings. The monoisotopic (exact) mass is 451 g/mol. The zero-order chi connectivity index (χ0) is 22.0. The highest BCUT2D eigenvalue weighted by molar-refractivity contribution is 6.20. The molecular formula is C20H20ClF2N5O3. The van der Waals surface area contributed by atoms with E-state index in [4.69, 9.17) is 11.6 Å². The van der Waals surface area contributed by atoms with E-state index in [0.29, 0.717) is 61.1 Å². The van der Waals surface area contributed by atoms with Crippen molar-refractivity contribution in [2.75, 3.05) is 36.4 Å². The number of nitrogens with zero attached hydrogens (tertiary/aromatic N) is 3. The van der Waals surface area contributed by atoms with Crippen LogP contribution in [-0.2, 0) is 0 Å². The van der Waals surface area contributed by atoms with E-state index in [2.05, 4.69) is 25.3 Å². The number of aliphatic hydroxyl groups is 1. The number of aliphatic hydroxyl groups excluding tert-OH is 1. The third-order valence-corrected chi connectivity index (χ3v) is 4.94. The Morgan fingerprint density at radius 1 is 1.35 bits per heavy atom. The predicted octanol–water partition coefficient (Wildman–Crippen LogP) is 2.42. The third kappa shape index (κ3) is 5.20. The Bertz CT molecular complexity index is 997. The molecule has 0 aliphatic carbocycles. The van der Waals surface area contributed by atoms with E-state index >= 15 is 0 Å². The molecule has 31 heavy (non-hydrogen) atoms. The Morgan fingerprint density at radius 2 is 2.13 bits per heavy atom. The SMILES string of the molecule is O=C(Nc1ccc(OC(F)(F)Cl)cc1)c1cnc(N2CC[C@@H](O)C2)c(C2=NCCN2)c1. The Morgan fingerprint density at radius 3 is 2.74 bits per heavy atom. The topological polar surface area (TPSA) is 99.1 Å². The average Bonchev–Trinajstić information content (AvgIpc) is 3.40. The Balaban J connectivity index is 1.53. The fourth-order valence-electron chi connectivity index (χ4n) is 3.46. The molecule has 0 unspecified atom stereocenters. The van der Waals surface area contributed by atoms with Gasteiger partial charge >= 0.3 is 5.57 Å². The number of amidine groups is 1. The molecule has 4 rings (SSSR count). The van der Waals surface area contributed by atoms with Gasteiger partial charge in [-0.2, -0.15) is 0 Å². The van der Waals surface area contributed by atoms with Crippen molar-refractivity contribution in [3.8, 4) is 5.75 Å². The maximum Gasteiger partial charge on any atom is 0.487 e. The number of nitrogens with one attached hydrogen (secondary N) is 2.